The number of nitrogens with zero attached hydrogens (tertiary/aromatic N) is 2. The molecular weight excluding hydrogens is 544 g/mol. The van der Waals surface area contributed by atoms with E-state index in [0.29, 0.717) is 24.3 Å². The molecule has 3 saturated heterocycles. The number of ether oxygens (including phenoxy) is 3. The number of alkyl halides is 1. The van der Waals surface area contributed by atoms with Gasteiger partial charge in [-0.3, -0.25) is 14.4 Å². The third kappa shape index (κ3) is 4.70. The maximum Gasteiger partial charge on any atom is 0.312 e. The highest BCUT2D eigenvalue weighted by Crippen LogP contribution is 2.60. The second-order valence-electron chi connectivity index (χ2n) is 9.45. The quantitative estimate of drug-likeness (QED) is 0.176. The number of likely N-dealkylation sites (tertiary alicyclic amines) is 1. The second kappa shape index (κ2) is 11.4. The third-order valence-electron chi connectivity index (χ3n) is 7.38. The van der Waals surface area contributed by atoms with E-state index in [9.17, 15) is 19.5 Å². The van der Waals surface area contributed by atoms with E-state index < -0.39 is 35.6 Å². The molecule has 2 amide bonds. The summed E-state index contributed by atoms with van der Waals surface area (Å²) in [6, 6.07) is 6.07. The highest BCUT2D eigenvalue weighted by molar-refractivity contribution is 9.09. The summed E-state index contributed by atoms with van der Waals surface area (Å²) in [5, 5.41) is 9.51. The van der Waals surface area contributed by atoms with Gasteiger partial charge in [0.2, 0.25) is 5.91 Å². The van der Waals surface area contributed by atoms with Crippen molar-refractivity contribution < 1.29 is 33.7 Å². The minimum atomic E-state index is -1.20. The molecule has 37 heavy (non-hydrogen) atoms. The van der Waals surface area contributed by atoms with Crippen LogP contribution in [-0.2, 0) is 23.9 Å². The number of anilines is 1. The van der Waals surface area contributed by atoms with Crippen molar-refractivity contribution in [3.63, 3.8) is 0 Å². The Kier molecular flexibility index (Phi) is 8.40. The average molecular weight is 577 g/mol. The van der Waals surface area contributed by atoms with Crippen LogP contribution in [0, 0.1) is 11.8 Å². The van der Waals surface area contributed by atoms with Gasteiger partial charge >= 0.3 is 5.97 Å². The average Bonchev–Trinajstić information content (AvgIpc) is 3.49. The van der Waals surface area contributed by atoms with Crippen molar-refractivity contribution in [2.45, 2.75) is 41.8 Å². The summed E-state index contributed by atoms with van der Waals surface area (Å²) in [5.41, 5.74) is -0.584. The van der Waals surface area contributed by atoms with Gasteiger partial charge in [-0.05, 0) is 43.5 Å². The number of benzene rings is 1. The first-order chi connectivity index (χ1) is 17.8. The lowest BCUT2D eigenvalue weighted by molar-refractivity contribution is -0.154. The van der Waals surface area contributed by atoms with Gasteiger partial charge in [-0.1, -0.05) is 28.1 Å². The molecule has 1 spiro atoms. The summed E-state index contributed by atoms with van der Waals surface area (Å²) < 4.78 is 17.2. The fraction of sp³-hybridized carbons (Fsp3) is 0.519. The lowest BCUT2D eigenvalue weighted by atomic mass is 9.70. The van der Waals surface area contributed by atoms with Gasteiger partial charge in [0.25, 0.3) is 5.91 Å². The minimum absolute atomic E-state index is 0.144. The van der Waals surface area contributed by atoms with Crippen LogP contribution in [0.5, 0.6) is 5.75 Å². The summed E-state index contributed by atoms with van der Waals surface area (Å²) >= 11 is 3.64. The van der Waals surface area contributed by atoms with Gasteiger partial charge in [0.1, 0.15) is 17.4 Å². The van der Waals surface area contributed by atoms with Gasteiger partial charge in [0.05, 0.1) is 31.7 Å². The number of carbonyl (C=O) groups is 3. The van der Waals surface area contributed by atoms with Crippen LogP contribution in [-0.4, -0.2) is 83.8 Å². The summed E-state index contributed by atoms with van der Waals surface area (Å²) in [6.07, 6.45) is 3.85. The van der Waals surface area contributed by atoms with Crippen LogP contribution in [0.2, 0.25) is 0 Å². The SMILES string of the molecule is C=CCCOC(=O)[C@H]1[C@@H]2OC3(CC2Br)C(C(=O)N(CC=C)c2ccc(OC)cc2)N(CCCO)C(=O)[C@H]13. The molecule has 1 N–H and O–H groups in total. The molecule has 1 aromatic carbocycles. The number of esters is 1. The molecule has 2 bridgehead atoms. The fourth-order valence-electron chi connectivity index (χ4n) is 5.86. The smallest absolute Gasteiger partial charge is 0.312 e. The zero-order chi connectivity index (χ0) is 26.7. The molecule has 6 atom stereocenters. The lowest BCUT2D eigenvalue weighted by Gasteiger charge is -2.37. The minimum Gasteiger partial charge on any atom is -0.497 e. The zero-order valence-electron chi connectivity index (χ0n) is 20.9. The number of aliphatic hydroxyl groups is 1. The van der Waals surface area contributed by atoms with Crippen LogP contribution in [0.25, 0.3) is 0 Å². The molecule has 9 nitrogen and oxygen atoms in total. The Labute approximate surface area is 225 Å². The molecule has 1 aromatic rings. The number of halogens is 1. The summed E-state index contributed by atoms with van der Waals surface area (Å²) in [6.45, 7) is 7.83. The molecule has 0 radical (unpaired) electrons. The van der Waals surface area contributed by atoms with Crippen LogP contribution < -0.4 is 9.64 Å². The van der Waals surface area contributed by atoms with Gasteiger partial charge < -0.3 is 29.1 Å². The van der Waals surface area contributed by atoms with Crippen LogP contribution in [0.15, 0.2) is 49.6 Å². The second-order valence-corrected chi connectivity index (χ2v) is 10.6. The van der Waals surface area contributed by atoms with E-state index >= 15 is 0 Å². The number of carbonyl (C=O) groups excluding carboxylic acids is 3. The highest BCUT2D eigenvalue weighted by atomic mass is 79.9. The molecular formula is C27H33BrN2O7. The van der Waals surface area contributed by atoms with Crippen molar-refractivity contribution in [1.82, 2.24) is 4.90 Å². The van der Waals surface area contributed by atoms with E-state index in [0.717, 1.165) is 0 Å². The van der Waals surface area contributed by atoms with Crippen molar-refractivity contribution in [3.05, 3.63) is 49.6 Å². The van der Waals surface area contributed by atoms with Gasteiger partial charge in [0.15, 0.2) is 0 Å². The third-order valence-corrected chi connectivity index (χ3v) is 8.23. The first kappa shape index (κ1) is 27.3. The van der Waals surface area contributed by atoms with E-state index in [-0.39, 0.29) is 49.4 Å². The molecule has 3 aliphatic rings. The van der Waals surface area contributed by atoms with Crippen molar-refractivity contribution in [2.24, 2.45) is 11.8 Å². The molecule has 3 heterocycles. The first-order valence-electron chi connectivity index (χ1n) is 12.4. The normalized spacial score (nSPS) is 29.6. The van der Waals surface area contributed by atoms with Crippen molar-refractivity contribution in [3.8, 4) is 5.75 Å². The van der Waals surface area contributed by atoms with Crippen molar-refractivity contribution >= 4 is 39.4 Å². The Balaban J connectivity index is 1.73. The number of fused-ring (bicyclic) bond motifs is 1. The number of methoxy groups -OCH3 is 1. The lowest BCUT2D eigenvalue weighted by Crippen LogP contribution is -2.57. The Morgan fingerprint density at radius 1 is 1.30 bits per heavy atom. The number of hydrogen-bond acceptors (Lipinski definition) is 7. The molecule has 200 valence electrons. The summed E-state index contributed by atoms with van der Waals surface area (Å²) in [4.78, 5) is 44.1. The van der Waals surface area contributed by atoms with E-state index in [4.69, 9.17) is 14.2 Å². The van der Waals surface area contributed by atoms with Crippen molar-refractivity contribution in [1.29, 1.82) is 0 Å². The van der Waals surface area contributed by atoms with Gasteiger partial charge in [0, 0.05) is 30.2 Å². The Hall–Kier alpha value is -2.69. The summed E-state index contributed by atoms with van der Waals surface area (Å²) in [5.74, 6) is -2.21. The predicted molar refractivity (Wildman–Crippen MR) is 140 cm³/mol. The zero-order valence-corrected chi connectivity index (χ0v) is 22.5. The monoisotopic (exact) mass is 576 g/mol. The molecule has 0 aromatic heterocycles. The maximum absolute atomic E-state index is 14.3. The highest BCUT2D eigenvalue weighted by Gasteiger charge is 2.77. The molecule has 10 heteroatoms. The molecule has 3 aliphatic heterocycles. The van der Waals surface area contributed by atoms with E-state index in [1.54, 1.807) is 48.4 Å². The molecule has 3 fully saturated rings. The predicted octanol–water partition coefficient (Wildman–Crippen LogP) is 2.46. The van der Waals surface area contributed by atoms with Crippen molar-refractivity contribution in [2.75, 3.05) is 38.3 Å². The van der Waals surface area contributed by atoms with E-state index in [1.807, 2.05) is 0 Å². The standard InChI is InChI=1S/C27H33BrN2O7/c1-4-6-15-36-26(34)20-21-24(32)30(13-7-14-31)23(27(21)16-19(28)22(20)37-27)25(33)29(12-5-2)17-8-10-18(35-3)11-9-17/h4-5,8-11,19-23,31H,1-2,6-7,12-16H2,3H3/t19?,20-,21+,22-,23?,27?/m1/s1. The topological polar surface area (TPSA) is 106 Å². The van der Waals surface area contributed by atoms with Crippen LogP contribution in [0.3, 0.4) is 0 Å². The number of aliphatic hydroxyl groups excluding tert-OH is 1. The van der Waals surface area contributed by atoms with Crippen LogP contribution in [0.1, 0.15) is 19.3 Å². The number of rotatable bonds is 12. The number of hydrogen-bond donors (Lipinski definition) is 1. The van der Waals surface area contributed by atoms with Gasteiger partial charge in [-0.2, -0.15) is 0 Å². The first-order valence-corrected chi connectivity index (χ1v) is 13.3. The fourth-order valence-corrected chi connectivity index (χ4v) is 6.80. The Morgan fingerprint density at radius 2 is 2.03 bits per heavy atom. The van der Waals surface area contributed by atoms with Gasteiger partial charge in [-0.15, -0.1) is 13.2 Å². The van der Waals surface area contributed by atoms with Gasteiger partial charge in [-0.25, -0.2) is 0 Å². The van der Waals surface area contributed by atoms with E-state index in [1.165, 1.54) is 4.90 Å². The Morgan fingerprint density at radius 3 is 2.65 bits per heavy atom. The summed E-state index contributed by atoms with van der Waals surface area (Å²) in [7, 11) is 1.56. The largest absolute Gasteiger partial charge is 0.497 e. The van der Waals surface area contributed by atoms with E-state index in [2.05, 4.69) is 29.1 Å². The van der Waals surface area contributed by atoms with Crippen LogP contribution in [0.4, 0.5) is 5.69 Å². The molecule has 0 aliphatic carbocycles. The molecule has 4 rings (SSSR count). The number of amides is 2. The molecule has 3 unspecified atom stereocenters. The Bertz CT molecular complexity index is 1050. The van der Waals surface area contributed by atoms with Crippen LogP contribution >= 0.6 is 15.9 Å². The maximum atomic E-state index is 14.3. The molecule has 0 saturated carbocycles.